The Morgan fingerprint density at radius 2 is 2.20 bits per heavy atom. The number of amides is 1. The number of rotatable bonds is 8. The molecular weight excluding hydrogens is 212 g/mol. The first-order chi connectivity index (χ1) is 7.04. The number of hydrogen-bond donors (Lipinski definition) is 3. The van der Waals surface area contributed by atoms with E-state index in [1.807, 2.05) is 6.92 Å². The highest BCUT2D eigenvalue weighted by Crippen LogP contribution is 2.05. The van der Waals surface area contributed by atoms with Crippen molar-refractivity contribution < 1.29 is 9.90 Å². The highest BCUT2D eigenvalue weighted by atomic mass is 32.2. The zero-order chi connectivity index (χ0) is 11.7. The van der Waals surface area contributed by atoms with Crippen LogP contribution in [0.25, 0.3) is 0 Å². The SMILES string of the molecule is CCC(C)(N)C(=O)NCCSCCCO. The molecule has 0 aliphatic carbocycles. The summed E-state index contributed by atoms with van der Waals surface area (Å²) in [4.78, 5) is 11.5. The molecule has 4 nitrogen and oxygen atoms in total. The van der Waals surface area contributed by atoms with Gasteiger partial charge in [-0.3, -0.25) is 4.79 Å². The van der Waals surface area contributed by atoms with Crippen LogP contribution in [0, 0.1) is 0 Å². The lowest BCUT2D eigenvalue weighted by Gasteiger charge is -2.21. The molecule has 0 aliphatic rings. The van der Waals surface area contributed by atoms with Gasteiger partial charge in [-0.25, -0.2) is 0 Å². The van der Waals surface area contributed by atoms with E-state index in [9.17, 15) is 4.79 Å². The molecule has 0 rings (SSSR count). The lowest BCUT2D eigenvalue weighted by molar-refractivity contribution is -0.125. The molecule has 4 N–H and O–H groups in total. The summed E-state index contributed by atoms with van der Waals surface area (Å²) in [5.74, 6) is 1.71. The number of nitrogens with two attached hydrogens (primary N) is 1. The van der Waals surface area contributed by atoms with E-state index in [4.69, 9.17) is 10.8 Å². The Morgan fingerprint density at radius 1 is 1.53 bits per heavy atom. The second-order valence-electron chi connectivity index (χ2n) is 3.72. The van der Waals surface area contributed by atoms with E-state index in [1.165, 1.54) is 0 Å². The lowest BCUT2D eigenvalue weighted by atomic mass is 10.00. The lowest BCUT2D eigenvalue weighted by Crippen LogP contribution is -2.51. The predicted octanol–water partition coefficient (Wildman–Crippen LogP) is 0.346. The Morgan fingerprint density at radius 3 is 2.73 bits per heavy atom. The molecule has 0 aliphatic heterocycles. The quantitative estimate of drug-likeness (QED) is 0.530. The Balaban J connectivity index is 3.47. The number of thioether (sulfide) groups is 1. The third kappa shape index (κ3) is 6.76. The van der Waals surface area contributed by atoms with Gasteiger partial charge in [0.25, 0.3) is 0 Å². The first kappa shape index (κ1) is 14.7. The zero-order valence-electron chi connectivity index (χ0n) is 9.58. The van der Waals surface area contributed by atoms with Crippen LogP contribution in [0.15, 0.2) is 0 Å². The Labute approximate surface area is 96.0 Å². The summed E-state index contributed by atoms with van der Waals surface area (Å²) in [5, 5.41) is 11.4. The van der Waals surface area contributed by atoms with Crippen molar-refractivity contribution in [2.24, 2.45) is 5.73 Å². The summed E-state index contributed by atoms with van der Waals surface area (Å²) in [6.45, 7) is 4.51. The van der Waals surface area contributed by atoms with Crippen LogP contribution in [0.4, 0.5) is 0 Å². The molecule has 1 atom stereocenters. The molecule has 5 heteroatoms. The topological polar surface area (TPSA) is 75.4 Å². The van der Waals surface area contributed by atoms with Gasteiger partial charge in [-0.2, -0.15) is 11.8 Å². The molecule has 0 bridgehead atoms. The number of carbonyl (C=O) groups is 1. The highest BCUT2D eigenvalue weighted by molar-refractivity contribution is 7.99. The van der Waals surface area contributed by atoms with Gasteiger partial charge in [-0.05, 0) is 25.5 Å². The fraction of sp³-hybridized carbons (Fsp3) is 0.900. The minimum absolute atomic E-state index is 0.0900. The second-order valence-corrected chi connectivity index (χ2v) is 4.94. The van der Waals surface area contributed by atoms with Crippen molar-refractivity contribution in [1.82, 2.24) is 5.32 Å². The average molecular weight is 234 g/mol. The van der Waals surface area contributed by atoms with Crippen molar-refractivity contribution in [2.45, 2.75) is 32.2 Å². The normalized spacial score (nSPS) is 14.7. The van der Waals surface area contributed by atoms with Gasteiger partial charge in [0.05, 0.1) is 5.54 Å². The first-order valence-electron chi connectivity index (χ1n) is 5.30. The monoisotopic (exact) mass is 234 g/mol. The van der Waals surface area contributed by atoms with E-state index in [0.29, 0.717) is 13.0 Å². The molecule has 0 heterocycles. The van der Waals surface area contributed by atoms with Crippen LogP contribution in [0.5, 0.6) is 0 Å². The van der Waals surface area contributed by atoms with Gasteiger partial charge >= 0.3 is 0 Å². The number of hydrogen-bond acceptors (Lipinski definition) is 4. The standard InChI is InChI=1S/C10H22N2O2S/c1-3-10(2,11)9(14)12-5-8-15-7-4-6-13/h13H,3-8,11H2,1-2H3,(H,12,14). The van der Waals surface area contributed by atoms with Gasteiger partial charge in [-0.15, -0.1) is 0 Å². The van der Waals surface area contributed by atoms with Gasteiger partial charge < -0.3 is 16.2 Å². The maximum absolute atomic E-state index is 11.5. The average Bonchev–Trinajstić information content (AvgIpc) is 2.22. The van der Waals surface area contributed by atoms with Crippen LogP contribution in [0.3, 0.4) is 0 Å². The molecule has 0 spiro atoms. The van der Waals surface area contributed by atoms with Gasteiger partial charge in [0.2, 0.25) is 5.91 Å². The van der Waals surface area contributed by atoms with Crippen molar-refractivity contribution in [3.8, 4) is 0 Å². The van der Waals surface area contributed by atoms with Crippen molar-refractivity contribution in [1.29, 1.82) is 0 Å². The Bertz CT molecular complexity index is 186. The zero-order valence-corrected chi connectivity index (χ0v) is 10.4. The molecule has 0 aromatic rings. The van der Waals surface area contributed by atoms with Crippen LogP contribution < -0.4 is 11.1 Å². The molecule has 0 saturated carbocycles. The molecule has 0 radical (unpaired) electrons. The number of nitrogens with one attached hydrogen (secondary N) is 1. The predicted molar refractivity (Wildman–Crippen MR) is 64.9 cm³/mol. The van der Waals surface area contributed by atoms with E-state index >= 15 is 0 Å². The summed E-state index contributed by atoms with van der Waals surface area (Å²) < 4.78 is 0. The molecule has 0 aromatic heterocycles. The third-order valence-corrected chi connectivity index (χ3v) is 3.30. The van der Waals surface area contributed by atoms with E-state index < -0.39 is 5.54 Å². The van der Waals surface area contributed by atoms with E-state index in [-0.39, 0.29) is 12.5 Å². The van der Waals surface area contributed by atoms with Gasteiger partial charge in [-0.1, -0.05) is 6.92 Å². The first-order valence-corrected chi connectivity index (χ1v) is 6.46. The van der Waals surface area contributed by atoms with Gasteiger partial charge in [0.15, 0.2) is 0 Å². The smallest absolute Gasteiger partial charge is 0.239 e. The van der Waals surface area contributed by atoms with E-state index in [0.717, 1.165) is 17.9 Å². The van der Waals surface area contributed by atoms with Gasteiger partial charge in [0, 0.05) is 18.9 Å². The van der Waals surface area contributed by atoms with Crippen molar-refractivity contribution in [3.63, 3.8) is 0 Å². The van der Waals surface area contributed by atoms with Crippen LogP contribution in [-0.2, 0) is 4.79 Å². The maximum atomic E-state index is 11.5. The highest BCUT2D eigenvalue weighted by Gasteiger charge is 2.24. The van der Waals surface area contributed by atoms with Crippen molar-refractivity contribution >= 4 is 17.7 Å². The largest absolute Gasteiger partial charge is 0.396 e. The molecule has 90 valence electrons. The summed E-state index contributed by atoms with van der Waals surface area (Å²) in [6, 6.07) is 0. The van der Waals surface area contributed by atoms with E-state index in [2.05, 4.69) is 5.32 Å². The van der Waals surface area contributed by atoms with Gasteiger partial charge in [0.1, 0.15) is 0 Å². The molecular formula is C10H22N2O2S. The fourth-order valence-electron chi connectivity index (χ4n) is 0.868. The molecule has 1 amide bonds. The minimum Gasteiger partial charge on any atom is -0.396 e. The Hall–Kier alpha value is -0.260. The third-order valence-electron chi connectivity index (χ3n) is 2.23. The second kappa shape index (κ2) is 7.96. The van der Waals surface area contributed by atoms with Crippen molar-refractivity contribution in [2.75, 3.05) is 24.7 Å². The summed E-state index contributed by atoms with van der Waals surface area (Å²) in [7, 11) is 0. The van der Waals surface area contributed by atoms with Crippen LogP contribution >= 0.6 is 11.8 Å². The molecule has 0 aromatic carbocycles. The molecule has 1 unspecified atom stereocenters. The van der Waals surface area contributed by atoms with Crippen LogP contribution in [-0.4, -0.2) is 41.2 Å². The molecule has 15 heavy (non-hydrogen) atoms. The van der Waals surface area contributed by atoms with Crippen LogP contribution in [0.2, 0.25) is 0 Å². The molecule has 0 saturated heterocycles. The number of carbonyl (C=O) groups excluding carboxylic acids is 1. The number of aliphatic hydroxyl groups is 1. The Kier molecular flexibility index (Phi) is 7.82. The van der Waals surface area contributed by atoms with Crippen LogP contribution in [0.1, 0.15) is 26.7 Å². The summed E-state index contributed by atoms with van der Waals surface area (Å²) >= 11 is 1.72. The molecule has 0 fully saturated rings. The van der Waals surface area contributed by atoms with Crippen molar-refractivity contribution in [3.05, 3.63) is 0 Å². The maximum Gasteiger partial charge on any atom is 0.239 e. The fourth-order valence-corrected chi connectivity index (χ4v) is 1.65. The number of aliphatic hydroxyl groups excluding tert-OH is 1. The minimum atomic E-state index is -0.754. The summed E-state index contributed by atoms with van der Waals surface area (Å²) in [5.41, 5.74) is 5.02. The summed E-state index contributed by atoms with van der Waals surface area (Å²) in [6.07, 6.45) is 1.44. The van der Waals surface area contributed by atoms with E-state index in [1.54, 1.807) is 18.7 Å².